The third kappa shape index (κ3) is 1.71. The van der Waals surface area contributed by atoms with Gasteiger partial charge in [-0.05, 0) is 19.8 Å². The zero-order chi connectivity index (χ0) is 7.56. The SMILES string of the molecule is CCC1=CC(C)=CC(N)C1. The first-order valence-corrected chi connectivity index (χ1v) is 3.86. The van der Waals surface area contributed by atoms with Crippen LogP contribution in [0.15, 0.2) is 23.3 Å². The average Bonchev–Trinajstić information content (AvgIpc) is 1.85. The van der Waals surface area contributed by atoms with Crippen LogP contribution in [0.5, 0.6) is 0 Å². The van der Waals surface area contributed by atoms with Crippen molar-refractivity contribution >= 4 is 0 Å². The van der Waals surface area contributed by atoms with Gasteiger partial charge in [0, 0.05) is 6.04 Å². The Morgan fingerprint density at radius 1 is 1.70 bits per heavy atom. The highest BCUT2D eigenvalue weighted by atomic mass is 14.6. The summed E-state index contributed by atoms with van der Waals surface area (Å²) in [6.45, 7) is 4.28. The van der Waals surface area contributed by atoms with Crippen LogP contribution in [0, 0.1) is 0 Å². The number of nitrogens with two attached hydrogens (primary N) is 1. The summed E-state index contributed by atoms with van der Waals surface area (Å²) in [7, 11) is 0. The van der Waals surface area contributed by atoms with Gasteiger partial charge in [0.05, 0.1) is 0 Å². The molecule has 0 amide bonds. The molecule has 1 aliphatic rings. The fraction of sp³-hybridized carbons (Fsp3) is 0.556. The first-order chi connectivity index (χ1) is 4.72. The van der Waals surface area contributed by atoms with Crippen molar-refractivity contribution in [2.45, 2.75) is 32.7 Å². The minimum atomic E-state index is 0.264. The highest BCUT2D eigenvalue weighted by molar-refractivity contribution is 5.28. The first kappa shape index (κ1) is 7.55. The van der Waals surface area contributed by atoms with Gasteiger partial charge in [0.2, 0.25) is 0 Å². The van der Waals surface area contributed by atoms with E-state index in [0.717, 1.165) is 12.8 Å². The molecule has 0 heterocycles. The Balaban J connectivity index is 2.70. The Morgan fingerprint density at radius 3 is 2.90 bits per heavy atom. The van der Waals surface area contributed by atoms with E-state index in [4.69, 9.17) is 5.73 Å². The molecule has 1 nitrogen and oxygen atoms in total. The van der Waals surface area contributed by atoms with Crippen LogP contribution in [0.25, 0.3) is 0 Å². The first-order valence-electron chi connectivity index (χ1n) is 3.86. The fourth-order valence-electron chi connectivity index (χ4n) is 1.37. The van der Waals surface area contributed by atoms with Crippen LogP contribution in [-0.2, 0) is 0 Å². The molecule has 1 heteroatoms. The highest BCUT2D eigenvalue weighted by Crippen LogP contribution is 2.18. The standard InChI is InChI=1S/C9H15N/c1-3-8-4-7(2)5-9(10)6-8/h4-5,9H,3,6,10H2,1-2H3. The van der Waals surface area contributed by atoms with Crippen molar-refractivity contribution in [1.29, 1.82) is 0 Å². The minimum Gasteiger partial charge on any atom is -0.324 e. The van der Waals surface area contributed by atoms with Crippen LogP contribution < -0.4 is 5.73 Å². The summed E-state index contributed by atoms with van der Waals surface area (Å²) in [5, 5.41) is 0. The van der Waals surface area contributed by atoms with E-state index in [9.17, 15) is 0 Å². The summed E-state index contributed by atoms with van der Waals surface area (Å²) >= 11 is 0. The maximum Gasteiger partial charge on any atom is 0.0267 e. The van der Waals surface area contributed by atoms with E-state index in [2.05, 4.69) is 26.0 Å². The van der Waals surface area contributed by atoms with Crippen LogP contribution in [0.3, 0.4) is 0 Å². The quantitative estimate of drug-likeness (QED) is 0.587. The van der Waals surface area contributed by atoms with Gasteiger partial charge in [0.25, 0.3) is 0 Å². The molecule has 0 aromatic rings. The van der Waals surface area contributed by atoms with Crippen molar-refractivity contribution in [1.82, 2.24) is 0 Å². The smallest absolute Gasteiger partial charge is 0.0267 e. The molecular weight excluding hydrogens is 122 g/mol. The Bertz CT molecular complexity index is 177. The second-order valence-electron chi connectivity index (χ2n) is 2.93. The summed E-state index contributed by atoms with van der Waals surface area (Å²) in [6, 6.07) is 0.264. The Morgan fingerprint density at radius 2 is 2.40 bits per heavy atom. The summed E-state index contributed by atoms with van der Waals surface area (Å²) in [4.78, 5) is 0. The van der Waals surface area contributed by atoms with E-state index >= 15 is 0 Å². The molecule has 1 unspecified atom stereocenters. The summed E-state index contributed by atoms with van der Waals surface area (Å²) < 4.78 is 0. The predicted molar refractivity (Wildman–Crippen MR) is 44.7 cm³/mol. The zero-order valence-corrected chi connectivity index (χ0v) is 6.72. The molecule has 0 fully saturated rings. The molecule has 0 radical (unpaired) electrons. The van der Waals surface area contributed by atoms with Crippen LogP contribution in [0.1, 0.15) is 26.7 Å². The molecule has 10 heavy (non-hydrogen) atoms. The van der Waals surface area contributed by atoms with Gasteiger partial charge in [-0.15, -0.1) is 0 Å². The summed E-state index contributed by atoms with van der Waals surface area (Å²) in [5.41, 5.74) is 8.57. The maximum atomic E-state index is 5.77. The topological polar surface area (TPSA) is 26.0 Å². The number of rotatable bonds is 1. The summed E-state index contributed by atoms with van der Waals surface area (Å²) in [5.74, 6) is 0. The molecule has 1 aliphatic carbocycles. The molecule has 2 N–H and O–H groups in total. The third-order valence-corrected chi connectivity index (χ3v) is 1.86. The molecule has 0 saturated carbocycles. The van der Waals surface area contributed by atoms with Gasteiger partial charge in [-0.2, -0.15) is 0 Å². The van der Waals surface area contributed by atoms with Crippen molar-refractivity contribution < 1.29 is 0 Å². The fourth-order valence-corrected chi connectivity index (χ4v) is 1.37. The molecular formula is C9H15N. The van der Waals surface area contributed by atoms with Gasteiger partial charge in [-0.3, -0.25) is 0 Å². The predicted octanol–water partition coefficient (Wildman–Crippen LogP) is 2.00. The Hall–Kier alpha value is -0.560. The van der Waals surface area contributed by atoms with E-state index in [1.807, 2.05) is 0 Å². The lowest BCUT2D eigenvalue weighted by Crippen LogP contribution is -2.20. The van der Waals surface area contributed by atoms with Crippen molar-refractivity contribution in [2.24, 2.45) is 5.73 Å². The number of hydrogen-bond acceptors (Lipinski definition) is 1. The van der Waals surface area contributed by atoms with Crippen LogP contribution >= 0.6 is 0 Å². The molecule has 0 aliphatic heterocycles. The zero-order valence-electron chi connectivity index (χ0n) is 6.72. The van der Waals surface area contributed by atoms with Gasteiger partial charge in [0.1, 0.15) is 0 Å². The van der Waals surface area contributed by atoms with Crippen LogP contribution in [-0.4, -0.2) is 6.04 Å². The molecule has 1 rings (SSSR count). The molecule has 0 saturated heterocycles. The molecule has 0 bridgehead atoms. The largest absolute Gasteiger partial charge is 0.324 e. The van der Waals surface area contributed by atoms with E-state index in [0.29, 0.717) is 0 Å². The van der Waals surface area contributed by atoms with E-state index < -0.39 is 0 Å². The van der Waals surface area contributed by atoms with Crippen molar-refractivity contribution in [2.75, 3.05) is 0 Å². The van der Waals surface area contributed by atoms with Crippen LogP contribution in [0.2, 0.25) is 0 Å². The molecule has 0 spiro atoms. The monoisotopic (exact) mass is 137 g/mol. The molecule has 0 aromatic carbocycles. The Labute approximate surface area is 62.6 Å². The average molecular weight is 137 g/mol. The second kappa shape index (κ2) is 3.02. The minimum absolute atomic E-state index is 0.264. The van der Waals surface area contributed by atoms with Gasteiger partial charge in [-0.25, -0.2) is 0 Å². The van der Waals surface area contributed by atoms with Gasteiger partial charge < -0.3 is 5.73 Å². The highest BCUT2D eigenvalue weighted by Gasteiger charge is 2.06. The number of hydrogen-bond donors (Lipinski definition) is 1. The normalized spacial score (nSPS) is 25.7. The van der Waals surface area contributed by atoms with Crippen LogP contribution in [0.4, 0.5) is 0 Å². The van der Waals surface area contributed by atoms with E-state index in [1.165, 1.54) is 11.1 Å². The van der Waals surface area contributed by atoms with Gasteiger partial charge >= 0.3 is 0 Å². The molecule has 0 aromatic heterocycles. The van der Waals surface area contributed by atoms with Gasteiger partial charge in [0.15, 0.2) is 0 Å². The van der Waals surface area contributed by atoms with E-state index in [1.54, 1.807) is 0 Å². The van der Waals surface area contributed by atoms with Crippen molar-refractivity contribution in [3.05, 3.63) is 23.3 Å². The third-order valence-electron chi connectivity index (χ3n) is 1.86. The van der Waals surface area contributed by atoms with Crippen molar-refractivity contribution in [3.63, 3.8) is 0 Å². The summed E-state index contributed by atoms with van der Waals surface area (Å²) in [6.07, 6.45) is 6.55. The van der Waals surface area contributed by atoms with Crippen molar-refractivity contribution in [3.8, 4) is 0 Å². The van der Waals surface area contributed by atoms with Gasteiger partial charge in [-0.1, -0.05) is 30.2 Å². The lowest BCUT2D eigenvalue weighted by molar-refractivity contribution is 0.757. The lowest BCUT2D eigenvalue weighted by atomic mass is 9.95. The van der Waals surface area contributed by atoms with E-state index in [-0.39, 0.29) is 6.04 Å². The maximum absolute atomic E-state index is 5.77. The number of allylic oxidation sites excluding steroid dienone is 2. The Kier molecular flexibility index (Phi) is 2.28. The second-order valence-corrected chi connectivity index (χ2v) is 2.93. The lowest BCUT2D eigenvalue weighted by Gasteiger charge is -2.15. The molecule has 56 valence electrons. The molecule has 1 atom stereocenters.